The van der Waals surface area contributed by atoms with Crippen LogP contribution in [-0.4, -0.2) is 21.3 Å². The van der Waals surface area contributed by atoms with Crippen molar-refractivity contribution in [1.29, 1.82) is 0 Å². The molecule has 14 heavy (non-hydrogen) atoms. The topological polar surface area (TPSA) is 69.9 Å². The highest BCUT2D eigenvalue weighted by Crippen LogP contribution is 2.18. The molecule has 0 spiro atoms. The van der Waals surface area contributed by atoms with Gasteiger partial charge in [0.05, 0.1) is 18.0 Å². The van der Waals surface area contributed by atoms with Crippen LogP contribution in [0.15, 0.2) is 23.0 Å². The van der Waals surface area contributed by atoms with Crippen LogP contribution < -0.4 is 5.73 Å². The molecule has 2 heterocycles. The predicted molar refractivity (Wildman–Crippen MR) is 51.5 cm³/mol. The molecule has 0 aliphatic heterocycles. The van der Waals surface area contributed by atoms with Crippen LogP contribution in [0.5, 0.6) is 0 Å². The van der Waals surface area contributed by atoms with Gasteiger partial charge < -0.3 is 10.2 Å². The zero-order valence-electron chi connectivity index (χ0n) is 7.97. The Kier molecular flexibility index (Phi) is 2.32. The summed E-state index contributed by atoms with van der Waals surface area (Å²) in [5.74, 6) is 1.41. The second-order valence-corrected chi connectivity index (χ2v) is 3.06. The van der Waals surface area contributed by atoms with Crippen LogP contribution in [0.4, 0.5) is 0 Å². The molecule has 5 nitrogen and oxygen atoms in total. The van der Waals surface area contributed by atoms with Crippen molar-refractivity contribution in [3.05, 3.63) is 24.5 Å². The number of nitrogens with two attached hydrogens (primary N) is 1. The van der Waals surface area contributed by atoms with Gasteiger partial charge in [0.15, 0.2) is 11.7 Å². The standard InChI is InChI=1S/C9H12N4O/c1-13-6-7(4-12-13)8-5-11-9(14-8)2-3-10/h4-6H,2-3,10H2,1H3. The van der Waals surface area contributed by atoms with Gasteiger partial charge in [-0.15, -0.1) is 0 Å². The summed E-state index contributed by atoms with van der Waals surface area (Å²) in [6.07, 6.45) is 5.99. The molecule has 0 unspecified atom stereocenters. The fourth-order valence-corrected chi connectivity index (χ4v) is 1.23. The first-order valence-corrected chi connectivity index (χ1v) is 4.43. The summed E-state index contributed by atoms with van der Waals surface area (Å²) >= 11 is 0. The van der Waals surface area contributed by atoms with Crippen molar-refractivity contribution >= 4 is 0 Å². The van der Waals surface area contributed by atoms with Crippen LogP contribution in [-0.2, 0) is 13.5 Å². The first-order chi connectivity index (χ1) is 6.79. The molecule has 2 N–H and O–H groups in total. The number of aryl methyl sites for hydroxylation is 1. The smallest absolute Gasteiger partial charge is 0.196 e. The summed E-state index contributed by atoms with van der Waals surface area (Å²) in [5, 5.41) is 4.05. The van der Waals surface area contributed by atoms with Crippen molar-refractivity contribution in [3.8, 4) is 11.3 Å². The van der Waals surface area contributed by atoms with Gasteiger partial charge in [0.1, 0.15) is 0 Å². The van der Waals surface area contributed by atoms with Gasteiger partial charge in [-0.05, 0) is 0 Å². The minimum absolute atomic E-state index is 0.549. The first-order valence-electron chi connectivity index (χ1n) is 4.43. The molecule has 0 saturated heterocycles. The van der Waals surface area contributed by atoms with Gasteiger partial charge in [0, 0.05) is 26.2 Å². The van der Waals surface area contributed by atoms with Crippen LogP contribution in [0, 0.1) is 0 Å². The average molecular weight is 192 g/mol. The van der Waals surface area contributed by atoms with Gasteiger partial charge in [0.2, 0.25) is 0 Å². The number of nitrogens with zero attached hydrogens (tertiary/aromatic N) is 3. The monoisotopic (exact) mass is 192 g/mol. The lowest BCUT2D eigenvalue weighted by Crippen LogP contribution is -2.02. The van der Waals surface area contributed by atoms with Crippen molar-refractivity contribution in [2.75, 3.05) is 6.54 Å². The molecule has 0 aromatic carbocycles. The van der Waals surface area contributed by atoms with E-state index in [1.165, 1.54) is 0 Å². The van der Waals surface area contributed by atoms with Gasteiger partial charge in [0.25, 0.3) is 0 Å². The van der Waals surface area contributed by atoms with Gasteiger partial charge in [-0.3, -0.25) is 4.68 Å². The Labute approximate surface area is 81.5 Å². The normalized spacial score (nSPS) is 10.7. The average Bonchev–Trinajstić information content (AvgIpc) is 2.74. The molecule has 2 aromatic heterocycles. The van der Waals surface area contributed by atoms with E-state index < -0.39 is 0 Å². The molecular formula is C9H12N4O. The highest BCUT2D eigenvalue weighted by molar-refractivity contribution is 5.53. The third-order valence-electron chi connectivity index (χ3n) is 1.90. The lowest BCUT2D eigenvalue weighted by atomic mass is 10.3. The van der Waals surface area contributed by atoms with Crippen LogP contribution in [0.2, 0.25) is 0 Å². The Morgan fingerprint density at radius 2 is 2.36 bits per heavy atom. The maximum Gasteiger partial charge on any atom is 0.196 e. The van der Waals surface area contributed by atoms with Gasteiger partial charge in [-0.25, -0.2) is 4.98 Å². The number of rotatable bonds is 3. The van der Waals surface area contributed by atoms with Crippen molar-refractivity contribution in [1.82, 2.24) is 14.8 Å². The van der Waals surface area contributed by atoms with Crippen LogP contribution >= 0.6 is 0 Å². The predicted octanol–water partition coefficient (Wildman–Crippen LogP) is 0.576. The van der Waals surface area contributed by atoms with Gasteiger partial charge in [-0.1, -0.05) is 0 Å². The third kappa shape index (κ3) is 1.67. The lowest BCUT2D eigenvalue weighted by molar-refractivity contribution is 0.508. The molecule has 0 atom stereocenters. The van der Waals surface area contributed by atoms with E-state index in [1.54, 1.807) is 17.1 Å². The second kappa shape index (κ2) is 3.63. The number of oxazole rings is 1. The highest BCUT2D eigenvalue weighted by atomic mass is 16.4. The number of aromatic nitrogens is 3. The molecule has 0 aliphatic rings. The Morgan fingerprint density at radius 3 is 3.00 bits per heavy atom. The largest absolute Gasteiger partial charge is 0.441 e. The third-order valence-corrected chi connectivity index (χ3v) is 1.90. The molecule has 0 fully saturated rings. The Morgan fingerprint density at radius 1 is 1.50 bits per heavy atom. The fourth-order valence-electron chi connectivity index (χ4n) is 1.23. The summed E-state index contributed by atoms with van der Waals surface area (Å²) in [4.78, 5) is 4.11. The molecule has 2 aromatic rings. The van der Waals surface area contributed by atoms with E-state index in [1.807, 2.05) is 13.2 Å². The summed E-state index contributed by atoms with van der Waals surface area (Å²) in [6, 6.07) is 0. The van der Waals surface area contributed by atoms with E-state index in [4.69, 9.17) is 10.2 Å². The highest BCUT2D eigenvalue weighted by Gasteiger charge is 2.06. The van der Waals surface area contributed by atoms with Crippen LogP contribution in [0.1, 0.15) is 5.89 Å². The van der Waals surface area contributed by atoms with E-state index in [0.29, 0.717) is 18.9 Å². The fraction of sp³-hybridized carbons (Fsp3) is 0.333. The molecule has 2 rings (SSSR count). The molecule has 0 radical (unpaired) electrons. The van der Waals surface area contributed by atoms with Gasteiger partial charge in [-0.2, -0.15) is 5.10 Å². The first kappa shape index (κ1) is 8.96. The minimum Gasteiger partial charge on any atom is -0.441 e. The lowest BCUT2D eigenvalue weighted by Gasteiger charge is -1.89. The van der Waals surface area contributed by atoms with Crippen molar-refractivity contribution in [2.24, 2.45) is 12.8 Å². The quantitative estimate of drug-likeness (QED) is 0.772. The van der Waals surface area contributed by atoms with Crippen molar-refractivity contribution in [3.63, 3.8) is 0 Å². The summed E-state index contributed by atoms with van der Waals surface area (Å²) in [5.41, 5.74) is 6.33. The summed E-state index contributed by atoms with van der Waals surface area (Å²) in [7, 11) is 1.86. The molecule has 0 saturated carbocycles. The van der Waals surface area contributed by atoms with E-state index >= 15 is 0 Å². The molecule has 0 bridgehead atoms. The van der Waals surface area contributed by atoms with E-state index in [0.717, 1.165) is 11.3 Å². The van der Waals surface area contributed by atoms with E-state index in [-0.39, 0.29) is 0 Å². The minimum atomic E-state index is 0.549. The molecule has 0 aliphatic carbocycles. The van der Waals surface area contributed by atoms with Crippen LogP contribution in [0.3, 0.4) is 0 Å². The molecule has 0 amide bonds. The van der Waals surface area contributed by atoms with E-state index in [9.17, 15) is 0 Å². The maximum atomic E-state index is 5.48. The molecule has 74 valence electrons. The van der Waals surface area contributed by atoms with Crippen LogP contribution in [0.25, 0.3) is 11.3 Å². The zero-order chi connectivity index (χ0) is 9.97. The summed E-state index contributed by atoms with van der Waals surface area (Å²) in [6.45, 7) is 0.549. The Balaban J connectivity index is 2.24. The molecular weight excluding hydrogens is 180 g/mol. The van der Waals surface area contributed by atoms with Gasteiger partial charge >= 0.3 is 0 Å². The zero-order valence-corrected chi connectivity index (χ0v) is 7.97. The number of hydrogen-bond donors (Lipinski definition) is 1. The number of hydrogen-bond acceptors (Lipinski definition) is 4. The second-order valence-electron chi connectivity index (χ2n) is 3.06. The molecule has 5 heteroatoms. The summed E-state index contributed by atoms with van der Waals surface area (Å²) < 4.78 is 7.20. The maximum absolute atomic E-state index is 5.48. The van der Waals surface area contributed by atoms with Crippen molar-refractivity contribution in [2.45, 2.75) is 6.42 Å². The van der Waals surface area contributed by atoms with Crippen molar-refractivity contribution < 1.29 is 4.42 Å². The Bertz CT molecular complexity index is 418. The van der Waals surface area contributed by atoms with E-state index in [2.05, 4.69) is 10.1 Å². The SMILES string of the molecule is Cn1cc(-c2cnc(CCN)o2)cn1. The Hall–Kier alpha value is -1.62.